The van der Waals surface area contributed by atoms with Crippen LogP contribution in [0.3, 0.4) is 0 Å². The maximum absolute atomic E-state index is 5.63. The lowest BCUT2D eigenvalue weighted by atomic mass is 10.3. The summed E-state index contributed by atoms with van der Waals surface area (Å²) in [6, 6.07) is 1.80. The van der Waals surface area contributed by atoms with Crippen LogP contribution in [0.1, 0.15) is 12.8 Å². The molecule has 1 aliphatic heterocycles. The van der Waals surface area contributed by atoms with E-state index in [0.29, 0.717) is 11.9 Å². The number of hydrogen-bond acceptors (Lipinski definition) is 4. The summed E-state index contributed by atoms with van der Waals surface area (Å²) in [5.41, 5.74) is 5.50. The molecule has 1 unspecified atom stereocenters. The van der Waals surface area contributed by atoms with Crippen LogP contribution in [-0.2, 0) is 16.0 Å². The first kappa shape index (κ1) is 10.4. The van der Waals surface area contributed by atoms with Gasteiger partial charge < -0.3 is 15.2 Å². The van der Waals surface area contributed by atoms with Crippen molar-refractivity contribution in [3.8, 4) is 0 Å². The summed E-state index contributed by atoms with van der Waals surface area (Å²) < 4.78 is 12.7. The third-order valence-corrected chi connectivity index (χ3v) is 2.43. The van der Waals surface area contributed by atoms with Crippen LogP contribution in [0.15, 0.2) is 12.3 Å². The quantitative estimate of drug-likeness (QED) is 0.727. The third kappa shape index (κ3) is 3.21. The molecule has 84 valence electrons. The van der Waals surface area contributed by atoms with Crippen LogP contribution in [0.4, 0.5) is 5.82 Å². The zero-order valence-electron chi connectivity index (χ0n) is 8.76. The van der Waals surface area contributed by atoms with Crippen LogP contribution < -0.4 is 5.73 Å². The van der Waals surface area contributed by atoms with Gasteiger partial charge in [0.1, 0.15) is 5.82 Å². The summed E-state index contributed by atoms with van der Waals surface area (Å²) in [6.45, 7) is 3.19. The molecule has 1 aliphatic rings. The van der Waals surface area contributed by atoms with Gasteiger partial charge in [0.25, 0.3) is 0 Å². The van der Waals surface area contributed by atoms with E-state index in [1.54, 1.807) is 6.07 Å². The molecule has 5 heteroatoms. The number of nitrogen functional groups attached to an aromatic ring is 1. The number of anilines is 1. The highest BCUT2D eigenvalue weighted by molar-refractivity contribution is 5.23. The average molecular weight is 211 g/mol. The number of aromatic nitrogens is 2. The van der Waals surface area contributed by atoms with Crippen molar-refractivity contribution < 1.29 is 9.47 Å². The number of rotatable bonds is 5. The molecule has 1 aromatic rings. The number of aryl methyl sites for hydroxylation is 1. The standard InChI is InChI=1S/C10H17N3O2/c11-10-2-5-13(12-10)4-1-6-15-9-3-7-14-8-9/h2,5,9H,1,3-4,6-8H2,(H2,11,12). The van der Waals surface area contributed by atoms with Gasteiger partial charge in [0.15, 0.2) is 0 Å². The number of nitrogens with zero attached hydrogens (tertiary/aromatic N) is 2. The molecule has 1 atom stereocenters. The fraction of sp³-hybridized carbons (Fsp3) is 0.700. The molecule has 15 heavy (non-hydrogen) atoms. The van der Waals surface area contributed by atoms with E-state index in [-0.39, 0.29) is 0 Å². The van der Waals surface area contributed by atoms with Crippen molar-refractivity contribution in [2.24, 2.45) is 0 Å². The van der Waals surface area contributed by atoms with Gasteiger partial charge in [-0.15, -0.1) is 0 Å². The van der Waals surface area contributed by atoms with Gasteiger partial charge in [0.2, 0.25) is 0 Å². The Morgan fingerprint density at radius 1 is 1.67 bits per heavy atom. The van der Waals surface area contributed by atoms with Crippen LogP contribution in [0.5, 0.6) is 0 Å². The summed E-state index contributed by atoms with van der Waals surface area (Å²) >= 11 is 0. The first-order chi connectivity index (χ1) is 7.34. The van der Waals surface area contributed by atoms with E-state index in [0.717, 1.165) is 39.2 Å². The maximum Gasteiger partial charge on any atom is 0.145 e. The fourth-order valence-electron chi connectivity index (χ4n) is 1.62. The number of ether oxygens (including phenoxy) is 2. The highest BCUT2D eigenvalue weighted by Gasteiger charge is 2.15. The van der Waals surface area contributed by atoms with E-state index in [2.05, 4.69) is 5.10 Å². The Kier molecular flexibility index (Phi) is 3.58. The minimum absolute atomic E-state index is 0.299. The molecule has 0 amide bonds. The van der Waals surface area contributed by atoms with Crippen molar-refractivity contribution in [2.75, 3.05) is 25.6 Å². The molecule has 0 radical (unpaired) electrons. The molecular formula is C10H17N3O2. The summed E-state index contributed by atoms with van der Waals surface area (Å²) in [4.78, 5) is 0. The monoisotopic (exact) mass is 211 g/mol. The zero-order valence-corrected chi connectivity index (χ0v) is 8.76. The van der Waals surface area contributed by atoms with Crippen molar-refractivity contribution in [1.82, 2.24) is 9.78 Å². The Labute approximate surface area is 89.2 Å². The molecular weight excluding hydrogens is 194 g/mol. The molecule has 2 heterocycles. The predicted octanol–water partition coefficient (Wildman–Crippen LogP) is 0.661. The van der Waals surface area contributed by atoms with Gasteiger partial charge >= 0.3 is 0 Å². The predicted molar refractivity (Wildman–Crippen MR) is 56.4 cm³/mol. The molecule has 0 aliphatic carbocycles. The van der Waals surface area contributed by atoms with Crippen molar-refractivity contribution in [2.45, 2.75) is 25.5 Å². The van der Waals surface area contributed by atoms with Gasteiger partial charge in [0, 0.05) is 26.0 Å². The van der Waals surface area contributed by atoms with E-state index >= 15 is 0 Å². The van der Waals surface area contributed by atoms with E-state index in [4.69, 9.17) is 15.2 Å². The van der Waals surface area contributed by atoms with Crippen molar-refractivity contribution in [3.63, 3.8) is 0 Å². The number of hydrogen-bond donors (Lipinski definition) is 1. The fourth-order valence-corrected chi connectivity index (χ4v) is 1.62. The Balaban J connectivity index is 1.58. The second-order valence-corrected chi connectivity index (χ2v) is 3.71. The zero-order chi connectivity index (χ0) is 10.5. The first-order valence-electron chi connectivity index (χ1n) is 5.33. The van der Waals surface area contributed by atoms with Crippen molar-refractivity contribution >= 4 is 5.82 Å². The topological polar surface area (TPSA) is 62.3 Å². The Morgan fingerprint density at radius 2 is 2.60 bits per heavy atom. The molecule has 1 aromatic heterocycles. The SMILES string of the molecule is Nc1ccn(CCCOC2CCOC2)n1. The van der Waals surface area contributed by atoms with E-state index in [1.165, 1.54) is 0 Å². The molecule has 0 saturated carbocycles. The van der Waals surface area contributed by atoms with E-state index in [9.17, 15) is 0 Å². The minimum atomic E-state index is 0.299. The van der Waals surface area contributed by atoms with Gasteiger partial charge in [-0.05, 0) is 18.9 Å². The highest BCUT2D eigenvalue weighted by Crippen LogP contribution is 2.08. The molecule has 2 N–H and O–H groups in total. The lowest BCUT2D eigenvalue weighted by Crippen LogP contribution is -2.14. The van der Waals surface area contributed by atoms with Crippen LogP contribution in [0, 0.1) is 0 Å². The molecule has 1 saturated heterocycles. The summed E-state index contributed by atoms with van der Waals surface area (Å²) in [5, 5.41) is 4.09. The molecule has 1 fully saturated rings. The van der Waals surface area contributed by atoms with Crippen LogP contribution in [0.25, 0.3) is 0 Å². The highest BCUT2D eigenvalue weighted by atomic mass is 16.5. The van der Waals surface area contributed by atoms with Gasteiger partial charge in [-0.25, -0.2) is 0 Å². The smallest absolute Gasteiger partial charge is 0.145 e. The van der Waals surface area contributed by atoms with E-state index in [1.807, 2.05) is 10.9 Å². The molecule has 5 nitrogen and oxygen atoms in total. The second-order valence-electron chi connectivity index (χ2n) is 3.71. The first-order valence-corrected chi connectivity index (χ1v) is 5.33. The molecule has 0 aromatic carbocycles. The summed E-state index contributed by atoms with van der Waals surface area (Å²) in [5.74, 6) is 0.570. The lowest BCUT2D eigenvalue weighted by molar-refractivity contribution is 0.0396. The van der Waals surface area contributed by atoms with Crippen LogP contribution >= 0.6 is 0 Å². The number of nitrogens with two attached hydrogens (primary N) is 1. The Morgan fingerprint density at radius 3 is 3.27 bits per heavy atom. The largest absolute Gasteiger partial charge is 0.382 e. The molecule has 0 bridgehead atoms. The molecule has 0 spiro atoms. The van der Waals surface area contributed by atoms with Crippen molar-refractivity contribution in [3.05, 3.63) is 12.3 Å². The van der Waals surface area contributed by atoms with Gasteiger partial charge in [-0.2, -0.15) is 5.10 Å². The Hall–Kier alpha value is -1.07. The lowest BCUT2D eigenvalue weighted by Gasteiger charge is -2.09. The normalized spacial score (nSPS) is 20.9. The average Bonchev–Trinajstić information content (AvgIpc) is 2.84. The van der Waals surface area contributed by atoms with Crippen LogP contribution in [0.2, 0.25) is 0 Å². The van der Waals surface area contributed by atoms with Gasteiger partial charge in [0.05, 0.1) is 12.7 Å². The van der Waals surface area contributed by atoms with Crippen LogP contribution in [-0.4, -0.2) is 35.7 Å². The van der Waals surface area contributed by atoms with Gasteiger partial charge in [-0.3, -0.25) is 4.68 Å². The molecule has 2 rings (SSSR count). The minimum Gasteiger partial charge on any atom is -0.382 e. The third-order valence-electron chi connectivity index (χ3n) is 2.43. The van der Waals surface area contributed by atoms with Gasteiger partial charge in [-0.1, -0.05) is 0 Å². The Bertz CT molecular complexity index is 295. The van der Waals surface area contributed by atoms with Crippen molar-refractivity contribution in [1.29, 1.82) is 0 Å². The second kappa shape index (κ2) is 5.14. The maximum atomic E-state index is 5.63. The summed E-state index contributed by atoms with van der Waals surface area (Å²) in [7, 11) is 0. The summed E-state index contributed by atoms with van der Waals surface area (Å²) in [6.07, 6.45) is 4.16. The van der Waals surface area contributed by atoms with E-state index < -0.39 is 0 Å².